The van der Waals surface area contributed by atoms with Gasteiger partial charge in [0.2, 0.25) is 0 Å². The molecule has 8 heteroatoms. The average Bonchev–Trinajstić information content (AvgIpc) is 2.65. The van der Waals surface area contributed by atoms with Crippen molar-refractivity contribution in [2.24, 2.45) is 0 Å². The molecule has 0 unspecified atom stereocenters. The van der Waals surface area contributed by atoms with E-state index < -0.39 is 36.9 Å². The molecule has 0 aliphatic rings. The Bertz CT molecular complexity index is 835. The lowest BCUT2D eigenvalue weighted by molar-refractivity contribution is -0.149. The molecule has 1 amide bonds. The number of amides is 1. The Morgan fingerprint density at radius 2 is 1.75 bits per heavy atom. The summed E-state index contributed by atoms with van der Waals surface area (Å²) in [6, 6.07) is 11.4. The number of carbonyl (C=O) groups excluding carboxylic acids is 3. The van der Waals surface area contributed by atoms with Crippen LogP contribution in [0.3, 0.4) is 0 Å². The van der Waals surface area contributed by atoms with E-state index in [1.54, 1.807) is 13.8 Å². The van der Waals surface area contributed by atoms with Crippen LogP contribution in [-0.4, -0.2) is 37.2 Å². The van der Waals surface area contributed by atoms with Gasteiger partial charge in [-0.1, -0.05) is 6.07 Å². The summed E-state index contributed by atoms with van der Waals surface area (Å²) in [5, 5.41) is 2.53. The molecular weight excluding hydrogens is 369 g/mol. The first-order valence-electron chi connectivity index (χ1n) is 8.48. The van der Waals surface area contributed by atoms with Crippen LogP contribution in [0.15, 0.2) is 48.5 Å². The molecule has 0 aromatic heterocycles. The lowest BCUT2D eigenvalue weighted by atomic mass is 10.2. The minimum absolute atomic E-state index is 0.178. The molecule has 1 N–H and O–H groups in total. The van der Waals surface area contributed by atoms with Crippen molar-refractivity contribution in [2.75, 3.05) is 18.5 Å². The second-order valence-corrected chi connectivity index (χ2v) is 5.99. The highest BCUT2D eigenvalue weighted by atomic mass is 19.1. The molecule has 2 aromatic carbocycles. The quantitative estimate of drug-likeness (QED) is 0.698. The van der Waals surface area contributed by atoms with Crippen LogP contribution in [0.1, 0.15) is 24.2 Å². The zero-order chi connectivity index (χ0) is 20.5. The van der Waals surface area contributed by atoms with E-state index in [1.165, 1.54) is 42.5 Å². The third-order valence-electron chi connectivity index (χ3n) is 3.26. The van der Waals surface area contributed by atoms with Crippen molar-refractivity contribution in [2.45, 2.75) is 20.0 Å². The van der Waals surface area contributed by atoms with E-state index in [-0.39, 0.29) is 11.9 Å². The lowest BCUT2D eigenvalue weighted by Crippen LogP contribution is -2.23. The van der Waals surface area contributed by atoms with Gasteiger partial charge in [-0.15, -0.1) is 0 Å². The third-order valence-corrected chi connectivity index (χ3v) is 3.26. The van der Waals surface area contributed by atoms with E-state index in [2.05, 4.69) is 5.32 Å². The molecular formula is C20H20FNO6. The van der Waals surface area contributed by atoms with Gasteiger partial charge >= 0.3 is 11.9 Å². The number of anilines is 1. The Labute approximate surface area is 161 Å². The second-order valence-electron chi connectivity index (χ2n) is 5.99. The summed E-state index contributed by atoms with van der Waals surface area (Å²) in [4.78, 5) is 35.2. The van der Waals surface area contributed by atoms with Crippen molar-refractivity contribution in [3.05, 3.63) is 59.9 Å². The summed E-state index contributed by atoms with van der Waals surface area (Å²) in [6.07, 6.45) is -0.230. The first kappa shape index (κ1) is 20.9. The van der Waals surface area contributed by atoms with Crippen molar-refractivity contribution in [3.8, 4) is 5.75 Å². The number of hydrogen-bond donors (Lipinski definition) is 1. The number of benzene rings is 2. The molecule has 0 atom stereocenters. The molecule has 2 aromatic rings. The predicted octanol–water partition coefficient (Wildman–Crippen LogP) is 2.95. The maximum Gasteiger partial charge on any atom is 0.344 e. The molecule has 0 heterocycles. The van der Waals surface area contributed by atoms with Gasteiger partial charge in [0.1, 0.15) is 11.6 Å². The molecule has 2 rings (SSSR count). The summed E-state index contributed by atoms with van der Waals surface area (Å²) in [5.74, 6) is -2.10. The molecule has 0 spiro atoms. The zero-order valence-electron chi connectivity index (χ0n) is 15.4. The van der Waals surface area contributed by atoms with Gasteiger partial charge in [-0.25, -0.2) is 14.0 Å². The number of ether oxygens (including phenoxy) is 3. The van der Waals surface area contributed by atoms with Gasteiger partial charge in [0.25, 0.3) is 5.91 Å². The van der Waals surface area contributed by atoms with Gasteiger partial charge in [-0.2, -0.15) is 0 Å². The first-order valence-corrected chi connectivity index (χ1v) is 8.48. The fourth-order valence-electron chi connectivity index (χ4n) is 2.06. The third kappa shape index (κ3) is 7.06. The van der Waals surface area contributed by atoms with E-state index >= 15 is 0 Å². The average molecular weight is 389 g/mol. The first-order chi connectivity index (χ1) is 13.3. The van der Waals surface area contributed by atoms with Crippen molar-refractivity contribution in [3.63, 3.8) is 0 Å². The highest BCUT2D eigenvalue weighted by molar-refractivity contribution is 5.94. The Morgan fingerprint density at radius 3 is 2.39 bits per heavy atom. The van der Waals surface area contributed by atoms with Crippen LogP contribution in [-0.2, 0) is 19.1 Å². The van der Waals surface area contributed by atoms with Crippen molar-refractivity contribution in [1.29, 1.82) is 0 Å². The molecule has 0 saturated carbocycles. The second kappa shape index (κ2) is 10.1. The molecule has 0 aliphatic carbocycles. The maximum absolute atomic E-state index is 13.0. The Balaban J connectivity index is 1.74. The molecule has 7 nitrogen and oxygen atoms in total. The predicted molar refractivity (Wildman–Crippen MR) is 98.5 cm³/mol. The number of esters is 2. The summed E-state index contributed by atoms with van der Waals surface area (Å²) in [7, 11) is 0. The largest absolute Gasteiger partial charge is 0.482 e. The Morgan fingerprint density at radius 1 is 1.04 bits per heavy atom. The molecule has 28 heavy (non-hydrogen) atoms. The van der Waals surface area contributed by atoms with Crippen LogP contribution in [0, 0.1) is 5.82 Å². The fraction of sp³-hybridized carbons (Fsp3) is 0.250. The van der Waals surface area contributed by atoms with Gasteiger partial charge in [0.05, 0.1) is 11.7 Å². The van der Waals surface area contributed by atoms with Crippen LogP contribution >= 0.6 is 0 Å². The van der Waals surface area contributed by atoms with Gasteiger partial charge in [0.15, 0.2) is 13.2 Å². The molecule has 0 radical (unpaired) electrons. The molecule has 0 saturated heterocycles. The highest BCUT2D eigenvalue weighted by Gasteiger charge is 2.11. The molecule has 0 aliphatic heterocycles. The zero-order valence-corrected chi connectivity index (χ0v) is 15.4. The summed E-state index contributed by atoms with van der Waals surface area (Å²) in [5.41, 5.74) is 0.783. The lowest BCUT2D eigenvalue weighted by Gasteiger charge is -2.09. The SMILES string of the molecule is CC(C)OC(=O)c1ccc(NC(=O)COC(=O)COc2cccc(F)c2)cc1. The molecule has 0 bridgehead atoms. The highest BCUT2D eigenvalue weighted by Crippen LogP contribution is 2.12. The van der Waals surface area contributed by atoms with E-state index in [0.717, 1.165) is 6.07 Å². The van der Waals surface area contributed by atoms with Crippen LogP contribution < -0.4 is 10.1 Å². The van der Waals surface area contributed by atoms with Crippen LogP contribution in [0.25, 0.3) is 0 Å². The minimum atomic E-state index is -0.772. The number of hydrogen-bond acceptors (Lipinski definition) is 6. The smallest absolute Gasteiger partial charge is 0.344 e. The standard InChI is InChI=1S/C20H20FNO6/c1-13(2)28-20(25)14-6-8-16(9-7-14)22-18(23)11-27-19(24)12-26-17-5-3-4-15(21)10-17/h3-10,13H,11-12H2,1-2H3,(H,22,23). The number of nitrogens with one attached hydrogen (secondary N) is 1. The minimum Gasteiger partial charge on any atom is -0.482 e. The van der Waals surface area contributed by atoms with Crippen LogP contribution in [0.2, 0.25) is 0 Å². The van der Waals surface area contributed by atoms with Gasteiger partial charge in [-0.3, -0.25) is 4.79 Å². The van der Waals surface area contributed by atoms with Gasteiger partial charge in [-0.05, 0) is 50.2 Å². The van der Waals surface area contributed by atoms with E-state index in [9.17, 15) is 18.8 Å². The number of halogens is 1. The van der Waals surface area contributed by atoms with Crippen molar-refractivity contribution < 1.29 is 33.0 Å². The van der Waals surface area contributed by atoms with Crippen LogP contribution in [0.5, 0.6) is 5.75 Å². The Hall–Kier alpha value is -3.42. The van der Waals surface area contributed by atoms with Crippen molar-refractivity contribution in [1.82, 2.24) is 0 Å². The Kier molecular flexibility index (Phi) is 7.50. The van der Waals surface area contributed by atoms with Gasteiger partial charge < -0.3 is 19.5 Å². The summed E-state index contributed by atoms with van der Waals surface area (Å²) < 4.78 is 27.9. The van der Waals surface area contributed by atoms with Crippen molar-refractivity contribution >= 4 is 23.5 Å². The summed E-state index contributed by atoms with van der Waals surface area (Å²) >= 11 is 0. The molecule has 0 fully saturated rings. The normalized spacial score (nSPS) is 10.3. The number of rotatable bonds is 8. The monoisotopic (exact) mass is 389 g/mol. The maximum atomic E-state index is 13.0. The number of carbonyl (C=O) groups is 3. The van der Waals surface area contributed by atoms with E-state index in [1.807, 2.05) is 0 Å². The topological polar surface area (TPSA) is 90.9 Å². The fourth-order valence-corrected chi connectivity index (χ4v) is 2.06. The van der Waals surface area contributed by atoms with Crippen LogP contribution in [0.4, 0.5) is 10.1 Å². The van der Waals surface area contributed by atoms with E-state index in [4.69, 9.17) is 14.2 Å². The van der Waals surface area contributed by atoms with E-state index in [0.29, 0.717) is 11.3 Å². The summed E-state index contributed by atoms with van der Waals surface area (Å²) in [6.45, 7) is 2.53. The van der Waals surface area contributed by atoms with Gasteiger partial charge in [0, 0.05) is 11.8 Å². The molecule has 148 valence electrons.